The molecule has 0 radical (unpaired) electrons. The highest BCUT2D eigenvalue weighted by Crippen LogP contribution is 2.30. The molecule has 3 aromatic carbocycles. The van der Waals surface area contributed by atoms with Crippen molar-refractivity contribution in [1.82, 2.24) is 15.1 Å². The van der Waals surface area contributed by atoms with Gasteiger partial charge in [0.25, 0.3) is 0 Å². The number of hydrogen-bond donors (Lipinski definition) is 1. The van der Waals surface area contributed by atoms with Crippen LogP contribution in [0.15, 0.2) is 78.9 Å². The molecule has 4 aromatic rings. The Labute approximate surface area is 175 Å². The molecule has 0 atom stereocenters. The number of amides is 1. The van der Waals surface area contributed by atoms with E-state index >= 15 is 0 Å². The zero-order chi connectivity index (χ0) is 20.1. The van der Waals surface area contributed by atoms with E-state index in [-0.39, 0.29) is 5.91 Å². The van der Waals surface area contributed by atoms with Gasteiger partial charge < -0.3 is 5.32 Å². The Hall–Kier alpha value is -3.11. The van der Waals surface area contributed by atoms with Crippen LogP contribution < -0.4 is 5.32 Å². The average molecular weight is 404 g/mol. The van der Waals surface area contributed by atoms with Crippen LogP contribution in [0.1, 0.15) is 18.4 Å². The minimum absolute atomic E-state index is 0.0524. The normalized spacial score (nSPS) is 10.9. The highest BCUT2D eigenvalue weighted by molar-refractivity contribution is 6.31. The van der Waals surface area contributed by atoms with Gasteiger partial charge in [-0.25, -0.2) is 0 Å². The maximum atomic E-state index is 12.2. The van der Waals surface area contributed by atoms with E-state index < -0.39 is 0 Å². The van der Waals surface area contributed by atoms with Crippen molar-refractivity contribution in [3.05, 3.63) is 89.4 Å². The summed E-state index contributed by atoms with van der Waals surface area (Å²) >= 11 is 6.23. The molecular weight excluding hydrogens is 382 g/mol. The van der Waals surface area contributed by atoms with Crippen molar-refractivity contribution < 1.29 is 4.79 Å². The first-order chi connectivity index (χ1) is 14.2. The van der Waals surface area contributed by atoms with Gasteiger partial charge in [-0.1, -0.05) is 72.3 Å². The van der Waals surface area contributed by atoms with Gasteiger partial charge >= 0.3 is 0 Å². The fourth-order valence-corrected chi connectivity index (χ4v) is 3.58. The molecule has 0 aliphatic heterocycles. The molecule has 5 heteroatoms. The minimum Gasteiger partial charge on any atom is -0.352 e. The molecule has 0 aliphatic carbocycles. The molecule has 1 aromatic heterocycles. The molecule has 0 fully saturated rings. The van der Waals surface area contributed by atoms with Gasteiger partial charge in [-0.15, -0.1) is 0 Å². The third kappa shape index (κ3) is 4.66. The summed E-state index contributed by atoms with van der Waals surface area (Å²) in [7, 11) is 0. The van der Waals surface area contributed by atoms with Gasteiger partial charge in [-0.2, -0.15) is 5.10 Å². The van der Waals surface area contributed by atoms with E-state index in [0.717, 1.165) is 27.7 Å². The fourth-order valence-electron chi connectivity index (χ4n) is 3.41. The standard InChI is InChI=1S/C24H22ClN3O/c25-20-13-14-22-21(16-20)24(19-10-5-2-6-11-19)27-28(22)15-7-12-23(29)26-17-18-8-3-1-4-9-18/h1-6,8-11,13-14,16H,7,12,15,17H2,(H,26,29). The van der Waals surface area contributed by atoms with Crippen LogP contribution in [0.3, 0.4) is 0 Å². The highest BCUT2D eigenvalue weighted by Gasteiger charge is 2.13. The van der Waals surface area contributed by atoms with Gasteiger partial charge in [-0.05, 0) is 30.2 Å². The van der Waals surface area contributed by atoms with E-state index in [1.807, 2.05) is 83.5 Å². The van der Waals surface area contributed by atoms with Crippen molar-refractivity contribution in [1.29, 1.82) is 0 Å². The second-order valence-electron chi connectivity index (χ2n) is 6.97. The Morgan fingerprint density at radius 2 is 1.69 bits per heavy atom. The summed E-state index contributed by atoms with van der Waals surface area (Å²) in [5, 5.41) is 9.51. The molecular formula is C24H22ClN3O. The van der Waals surface area contributed by atoms with Gasteiger partial charge in [0.1, 0.15) is 5.69 Å². The first-order valence-corrected chi connectivity index (χ1v) is 10.1. The number of carbonyl (C=O) groups is 1. The number of fused-ring (bicyclic) bond motifs is 1. The average Bonchev–Trinajstić information content (AvgIpc) is 3.11. The summed E-state index contributed by atoms with van der Waals surface area (Å²) in [5.74, 6) is 0.0524. The molecule has 4 rings (SSSR count). The molecule has 0 saturated carbocycles. The molecule has 0 spiro atoms. The van der Waals surface area contributed by atoms with Gasteiger partial charge in [-0.3, -0.25) is 9.48 Å². The van der Waals surface area contributed by atoms with E-state index in [9.17, 15) is 4.79 Å². The Morgan fingerprint density at radius 3 is 2.45 bits per heavy atom. The Morgan fingerprint density at radius 1 is 0.966 bits per heavy atom. The quantitative estimate of drug-likeness (QED) is 0.445. The van der Waals surface area contributed by atoms with Gasteiger partial charge in [0.15, 0.2) is 0 Å². The van der Waals surface area contributed by atoms with Crippen molar-refractivity contribution in [2.24, 2.45) is 0 Å². The highest BCUT2D eigenvalue weighted by atomic mass is 35.5. The Bertz CT molecular complexity index is 1110. The lowest BCUT2D eigenvalue weighted by Crippen LogP contribution is -2.22. The molecule has 0 bridgehead atoms. The van der Waals surface area contributed by atoms with Crippen molar-refractivity contribution in [2.75, 3.05) is 0 Å². The second kappa shape index (κ2) is 8.93. The smallest absolute Gasteiger partial charge is 0.220 e. The zero-order valence-electron chi connectivity index (χ0n) is 16.0. The summed E-state index contributed by atoms with van der Waals surface area (Å²) in [4.78, 5) is 12.2. The van der Waals surface area contributed by atoms with Crippen LogP contribution in [0, 0.1) is 0 Å². The van der Waals surface area contributed by atoms with Gasteiger partial charge in [0, 0.05) is 35.5 Å². The van der Waals surface area contributed by atoms with E-state index in [0.29, 0.717) is 31.0 Å². The maximum absolute atomic E-state index is 12.2. The molecule has 1 heterocycles. The third-order valence-corrected chi connectivity index (χ3v) is 5.10. The number of nitrogens with zero attached hydrogens (tertiary/aromatic N) is 2. The summed E-state index contributed by atoms with van der Waals surface area (Å²) in [5.41, 5.74) is 4.09. The predicted octanol–water partition coefficient (Wildman–Crippen LogP) is 5.45. The molecule has 1 amide bonds. The SMILES string of the molecule is O=C(CCCn1nc(-c2ccccc2)c2cc(Cl)ccc21)NCc1ccccc1. The molecule has 29 heavy (non-hydrogen) atoms. The summed E-state index contributed by atoms with van der Waals surface area (Å²) in [6.45, 7) is 1.23. The summed E-state index contributed by atoms with van der Waals surface area (Å²) in [6, 6.07) is 25.8. The number of aryl methyl sites for hydroxylation is 1. The van der Waals surface area contributed by atoms with Crippen molar-refractivity contribution in [3.63, 3.8) is 0 Å². The van der Waals surface area contributed by atoms with E-state index in [2.05, 4.69) is 5.32 Å². The van der Waals surface area contributed by atoms with Crippen LogP contribution in [0.4, 0.5) is 0 Å². The maximum Gasteiger partial charge on any atom is 0.220 e. The van der Waals surface area contributed by atoms with Crippen LogP contribution in [0.25, 0.3) is 22.2 Å². The molecule has 146 valence electrons. The second-order valence-corrected chi connectivity index (χ2v) is 7.40. The van der Waals surface area contributed by atoms with E-state index in [4.69, 9.17) is 16.7 Å². The third-order valence-electron chi connectivity index (χ3n) is 4.87. The Kier molecular flexibility index (Phi) is 5.92. The van der Waals surface area contributed by atoms with Crippen molar-refractivity contribution in [3.8, 4) is 11.3 Å². The minimum atomic E-state index is 0.0524. The lowest BCUT2D eigenvalue weighted by Gasteiger charge is -2.06. The van der Waals surface area contributed by atoms with Crippen LogP contribution in [-0.2, 0) is 17.9 Å². The summed E-state index contributed by atoms with van der Waals surface area (Å²) < 4.78 is 1.97. The topological polar surface area (TPSA) is 46.9 Å². The van der Waals surface area contributed by atoms with E-state index in [1.165, 1.54) is 0 Å². The first-order valence-electron chi connectivity index (χ1n) is 9.73. The van der Waals surface area contributed by atoms with Gasteiger partial charge in [0.05, 0.1) is 5.52 Å². The molecule has 4 nitrogen and oxygen atoms in total. The molecule has 0 unspecified atom stereocenters. The predicted molar refractivity (Wildman–Crippen MR) is 118 cm³/mol. The lowest BCUT2D eigenvalue weighted by atomic mass is 10.1. The molecule has 0 aliphatic rings. The van der Waals surface area contributed by atoms with Crippen LogP contribution in [0.2, 0.25) is 5.02 Å². The zero-order valence-corrected chi connectivity index (χ0v) is 16.8. The molecule has 0 saturated heterocycles. The van der Waals surface area contributed by atoms with Crippen LogP contribution in [0.5, 0.6) is 0 Å². The molecule has 1 N–H and O–H groups in total. The largest absolute Gasteiger partial charge is 0.352 e. The lowest BCUT2D eigenvalue weighted by molar-refractivity contribution is -0.121. The number of carbonyl (C=O) groups excluding carboxylic acids is 1. The van der Waals surface area contributed by atoms with Crippen molar-refractivity contribution >= 4 is 28.4 Å². The number of halogens is 1. The number of benzene rings is 3. The van der Waals surface area contributed by atoms with Crippen molar-refractivity contribution in [2.45, 2.75) is 25.9 Å². The monoisotopic (exact) mass is 403 g/mol. The van der Waals surface area contributed by atoms with Crippen LogP contribution in [-0.4, -0.2) is 15.7 Å². The fraction of sp³-hybridized carbons (Fsp3) is 0.167. The van der Waals surface area contributed by atoms with Crippen LogP contribution >= 0.6 is 11.6 Å². The van der Waals surface area contributed by atoms with E-state index in [1.54, 1.807) is 0 Å². The first kappa shape index (κ1) is 19.2. The Balaban J connectivity index is 1.44. The summed E-state index contributed by atoms with van der Waals surface area (Å²) in [6.07, 6.45) is 1.18. The number of hydrogen-bond acceptors (Lipinski definition) is 2. The number of aromatic nitrogens is 2. The van der Waals surface area contributed by atoms with Gasteiger partial charge in [0.2, 0.25) is 5.91 Å². The number of rotatable bonds is 7. The number of nitrogens with one attached hydrogen (secondary N) is 1.